The summed E-state index contributed by atoms with van der Waals surface area (Å²) in [4.78, 5) is 12.5. The third-order valence-corrected chi connectivity index (χ3v) is 7.39. The van der Waals surface area contributed by atoms with Gasteiger partial charge in [-0.25, -0.2) is 13.2 Å². The summed E-state index contributed by atoms with van der Waals surface area (Å²) in [7, 11) is -3.56. The van der Waals surface area contributed by atoms with E-state index in [4.69, 9.17) is 4.74 Å². The number of para-hydroxylation sites is 1. The zero-order chi connectivity index (χ0) is 21.0. The number of sulfonamides is 1. The van der Waals surface area contributed by atoms with Crippen molar-refractivity contribution in [2.24, 2.45) is 0 Å². The normalized spacial score (nSPS) is 19.4. The zero-order valence-electron chi connectivity index (χ0n) is 16.8. The van der Waals surface area contributed by atoms with Gasteiger partial charge in [-0.1, -0.05) is 37.1 Å². The quantitative estimate of drug-likeness (QED) is 0.763. The fourth-order valence-corrected chi connectivity index (χ4v) is 5.48. The van der Waals surface area contributed by atoms with E-state index < -0.39 is 10.0 Å². The third kappa shape index (κ3) is 4.76. The second kappa shape index (κ2) is 9.06. The van der Waals surface area contributed by atoms with Gasteiger partial charge in [0, 0.05) is 25.2 Å². The zero-order valence-corrected chi connectivity index (χ0v) is 17.7. The summed E-state index contributed by atoms with van der Waals surface area (Å²) >= 11 is 0. The van der Waals surface area contributed by atoms with Crippen LogP contribution in [0.5, 0.6) is 5.75 Å². The van der Waals surface area contributed by atoms with E-state index in [1.165, 1.54) is 6.07 Å². The Morgan fingerprint density at radius 2 is 1.80 bits per heavy atom. The lowest BCUT2D eigenvalue weighted by Crippen LogP contribution is -2.37. The maximum Gasteiger partial charge on any atom is 0.319 e. The summed E-state index contributed by atoms with van der Waals surface area (Å²) in [6.07, 6.45) is 4.52. The van der Waals surface area contributed by atoms with Crippen LogP contribution in [0.4, 0.5) is 10.5 Å². The van der Waals surface area contributed by atoms with Crippen LogP contribution < -0.4 is 15.4 Å². The molecule has 1 saturated heterocycles. The highest BCUT2D eigenvalue weighted by atomic mass is 32.2. The second-order valence-electron chi connectivity index (χ2n) is 7.73. The summed E-state index contributed by atoms with van der Waals surface area (Å²) in [5.74, 6) is 0.858. The number of carbonyl (C=O) groups is 1. The number of ether oxygens (including phenoxy) is 1. The Balaban J connectivity index is 1.34. The van der Waals surface area contributed by atoms with Gasteiger partial charge in [0.25, 0.3) is 0 Å². The topological polar surface area (TPSA) is 87.7 Å². The minimum absolute atomic E-state index is 0.108. The molecule has 7 nitrogen and oxygen atoms in total. The highest BCUT2D eigenvalue weighted by Gasteiger charge is 2.26. The van der Waals surface area contributed by atoms with Crippen LogP contribution in [0.3, 0.4) is 0 Å². The maximum atomic E-state index is 13.0. The van der Waals surface area contributed by atoms with E-state index in [-0.39, 0.29) is 17.0 Å². The van der Waals surface area contributed by atoms with Crippen molar-refractivity contribution < 1.29 is 17.9 Å². The first-order chi connectivity index (χ1) is 14.5. The van der Waals surface area contributed by atoms with Crippen LogP contribution in [0, 0.1) is 0 Å². The number of rotatable bonds is 5. The van der Waals surface area contributed by atoms with Crippen LogP contribution >= 0.6 is 0 Å². The number of anilines is 1. The standard InChI is InChI=1S/C22H27N3O4S/c26-22(23-16-19-14-17-8-3-4-11-21(17)29-19)24-18-9-7-10-20(15-18)30(27,28)25-12-5-1-2-6-13-25/h3-4,7-11,15,19H,1-2,5-6,12-14,16H2,(H2,23,24,26). The van der Waals surface area contributed by atoms with Gasteiger partial charge in [0.15, 0.2) is 0 Å². The molecule has 8 heteroatoms. The van der Waals surface area contributed by atoms with Gasteiger partial charge in [-0.15, -0.1) is 0 Å². The molecule has 4 rings (SSSR count). The van der Waals surface area contributed by atoms with Crippen molar-refractivity contribution in [1.29, 1.82) is 0 Å². The maximum absolute atomic E-state index is 13.0. The highest BCUT2D eigenvalue weighted by molar-refractivity contribution is 7.89. The SMILES string of the molecule is O=C(NCC1Cc2ccccc2O1)Nc1cccc(S(=O)(=O)N2CCCCCC2)c1. The van der Waals surface area contributed by atoms with Crippen LogP contribution in [0.2, 0.25) is 0 Å². The first kappa shape index (κ1) is 20.7. The van der Waals surface area contributed by atoms with Gasteiger partial charge in [0.2, 0.25) is 10.0 Å². The van der Waals surface area contributed by atoms with Gasteiger partial charge in [0.05, 0.1) is 11.4 Å². The van der Waals surface area contributed by atoms with Gasteiger partial charge in [-0.2, -0.15) is 4.31 Å². The van der Waals surface area contributed by atoms with Crippen molar-refractivity contribution in [3.8, 4) is 5.75 Å². The lowest BCUT2D eigenvalue weighted by molar-refractivity contribution is 0.219. The average Bonchev–Trinajstić information content (AvgIpc) is 2.95. The molecule has 2 aliphatic rings. The molecule has 1 unspecified atom stereocenters. The van der Waals surface area contributed by atoms with E-state index in [1.807, 2.05) is 24.3 Å². The molecule has 0 radical (unpaired) electrons. The van der Waals surface area contributed by atoms with Gasteiger partial charge in [-0.3, -0.25) is 0 Å². The molecule has 0 spiro atoms. The molecule has 2 aromatic rings. The molecule has 0 saturated carbocycles. The fraction of sp³-hybridized carbons (Fsp3) is 0.409. The molecule has 1 fully saturated rings. The Morgan fingerprint density at radius 3 is 2.57 bits per heavy atom. The molecule has 2 N–H and O–H groups in total. The molecule has 160 valence electrons. The molecule has 0 bridgehead atoms. The first-order valence-corrected chi connectivity index (χ1v) is 11.9. The van der Waals surface area contributed by atoms with Gasteiger partial charge < -0.3 is 15.4 Å². The van der Waals surface area contributed by atoms with Gasteiger partial charge in [0.1, 0.15) is 11.9 Å². The van der Waals surface area contributed by atoms with Crippen molar-refractivity contribution in [3.63, 3.8) is 0 Å². The molecule has 0 aromatic heterocycles. The van der Waals surface area contributed by atoms with Crippen molar-refractivity contribution in [3.05, 3.63) is 54.1 Å². The first-order valence-electron chi connectivity index (χ1n) is 10.4. The number of benzene rings is 2. The van der Waals surface area contributed by atoms with Crippen molar-refractivity contribution in [1.82, 2.24) is 9.62 Å². The molecule has 1 atom stereocenters. The number of carbonyl (C=O) groups excluding carboxylic acids is 1. The number of fused-ring (bicyclic) bond motifs is 1. The summed E-state index contributed by atoms with van der Waals surface area (Å²) < 4.78 is 33.3. The van der Waals surface area contributed by atoms with Crippen molar-refractivity contribution >= 4 is 21.7 Å². The molecule has 0 aliphatic carbocycles. The molecule has 2 amide bonds. The lowest BCUT2D eigenvalue weighted by Gasteiger charge is -2.20. The smallest absolute Gasteiger partial charge is 0.319 e. The van der Waals surface area contributed by atoms with Crippen LogP contribution in [-0.2, 0) is 16.4 Å². The minimum atomic E-state index is -3.56. The lowest BCUT2D eigenvalue weighted by atomic mass is 10.1. The highest BCUT2D eigenvalue weighted by Crippen LogP contribution is 2.28. The Labute approximate surface area is 177 Å². The Morgan fingerprint density at radius 1 is 1.03 bits per heavy atom. The average molecular weight is 430 g/mol. The number of hydrogen-bond acceptors (Lipinski definition) is 4. The summed E-state index contributed by atoms with van der Waals surface area (Å²) in [6.45, 7) is 1.46. The van der Waals surface area contributed by atoms with Crippen molar-refractivity contribution in [2.75, 3.05) is 25.0 Å². The summed E-state index contributed by atoms with van der Waals surface area (Å²) in [5.41, 5.74) is 1.58. The molecule has 2 aromatic carbocycles. The minimum Gasteiger partial charge on any atom is -0.488 e. The van der Waals surface area contributed by atoms with Crippen LogP contribution in [0.1, 0.15) is 31.2 Å². The van der Waals surface area contributed by atoms with Crippen LogP contribution in [-0.4, -0.2) is 44.5 Å². The predicted molar refractivity (Wildman–Crippen MR) is 115 cm³/mol. The van der Waals surface area contributed by atoms with E-state index >= 15 is 0 Å². The van der Waals surface area contributed by atoms with Crippen LogP contribution in [0.15, 0.2) is 53.4 Å². The molecular weight excluding hydrogens is 402 g/mol. The molecular formula is C22H27N3O4S. The van der Waals surface area contributed by atoms with E-state index in [0.29, 0.717) is 25.3 Å². The largest absolute Gasteiger partial charge is 0.488 e. The Kier molecular flexibility index (Phi) is 6.24. The summed E-state index contributed by atoms with van der Waals surface area (Å²) in [5, 5.41) is 5.53. The third-order valence-electron chi connectivity index (χ3n) is 5.50. The number of urea groups is 1. The predicted octanol–water partition coefficient (Wildman–Crippen LogP) is 3.38. The summed E-state index contributed by atoms with van der Waals surface area (Å²) in [6, 6.07) is 13.9. The van der Waals surface area contributed by atoms with Crippen LogP contribution in [0.25, 0.3) is 0 Å². The van der Waals surface area contributed by atoms with Gasteiger partial charge >= 0.3 is 6.03 Å². The molecule has 2 aliphatic heterocycles. The number of hydrogen-bond donors (Lipinski definition) is 2. The van der Waals surface area contributed by atoms with E-state index in [2.05, 4.69) is 10.6 Å². The molecule has 30 heavy (non-hydrogen) atoms. The van der Waals surface area contributed by atoms with E-state index in [1.54, 1.807) is 22.5 Å². The van der Waals surface area contributed by atoms with E-state index in [9.17, 15) is 13.2 Å². The monoisotopic (exact) mass is 429 g/mol. The van der Waals surface area contributed by atoms with Crippen molar-refractivity contribution in [2.45, 2.75) is 43.1 Å². The molecule has 2 heterocycles. The fourth-order valence-electron chi connectivity index (χ4n) is 3.92. The Hall–Kier alpha value is -2.58. The van der Waals surface area contributed by atoms with Gasteiger partial charge in [-0.05, 0) is 42.7 Å². The van der Waals surface area contributed by atoms with E-state index in [0.717, 1.165) is 43.4 Å². The number of nitrogens with zero attached hydrogens (tertiary/aromatic N) is 1. The Bertz CT molecular complexity index is 976. The number of nitrogens with one attached hydrogen (secondary N) is 2. The number of amides is 2. The second-order valence-corrected chi connectivity index (χ2v) is 9.67.